The molecule has 0 radical (unpaired) electrons. The summed E-state index contributed by atoms with van der Waals surface area (Å²) in [4.78, 5) is 4.15. The standard InChI is InChI=1S/C15H23NO2/c1-11(2)18-14-8-13(9-16-10-14)15(17)7-12-5-3-4-6-12/h8-12,15,17H,3-7H2,1-2H3. The third kappa shape index (κ3) is 3.70. The number of nitrogens with zero attached hydrogens (tertiary/aromatic N) is 1. The highest BCUT2D eigenvalue weighted by molar-refractivity contribution is 5.25. The average Bonchev–Trinajstić information content (AvgIpc) is 2.81. The van der Waals surface area contributed by atoms with Gasteiger partial charge in [-0.15, -0.1) is 0 Å². The normalized spacial score (nSPS) is 18.2. The summed E-state index contributed by atoms with van der Waals surface area (Å²) in [5.74, 6) is 1.42. The highest BCUT2D eigenvalue weighted by Gasteiger charge is 2.20. The van der Waals surface area contributed by atoms with Crippen LogP contribution in [0.25, 0.3) is 0 Å². The molecule has 0 saturated heterocycles. The van der Waals surface area contributed by atoms with E-state index in [4.69, 9.17) is 4.74 Å². The number of rotatable bonds is 5. The van der Waals surface area contributed by atoms with Crippen molar-refractivity contribution in [2.75, 3.05) is 0 Å². The van der Waals surface area contributed by atoms with Gasteiger partial charge in [0, 0.05) is 11.8 Å². The Labute approximate surface area is 109 Å². The Morgan fingerprint density at radius 2 is 2.06 bits per heavy atom. The molecule has 1 saturated carbocycles. The van der Waals surface area contributed by atoms with Crippen molar-refractivity contribution in [3.05, 3.63) is 24.0 Å². The zero-order chi connectivity index (χ0) is 13.0. The fraction of sp³-hybridized carbons (Fsp3) is 0.667. The smallest absolute Gasteiger partial charge is 0.138 e. The Morgan fingerprint density at radius 3 is 2.72 bits per heavy atom. The summed E-state index contributed by atoms with van der Waals surface area (Å²) >= 11 is 0. The van der Waals surface area contributed by atoms with Gasteiger partial charge in [0.15, 0.2) is 0 Å². The molecular weight excluding hydrogens is 226 g/mol. The summed E-state index contributed by atoms with van der Waals surface area (Å²) in [6.07, 6.45) is 9.16. The van der Waals surface area contributed by atoms with Crippen molar-refractivity contribution in [1.82, 2.24) is 4.98 Å². The van der Waals surface area contributed by atoms with Crippen LogP contribution in [0.1, 0.15) is 57.6 Å². The quantitative estimate of drug-likeness (QED) is 0.868. The summed E-state index contributed by atoms with van der Waals surface area (Å²) in [6, 6.07) is 1.91. The molecule has 0 spiro atoms. The Kier molecular flexibility index (Phi) is 4.59. The second kappa shape index (κ2) is 6.19. The van der Waals surface area contributed by atoms with E-state index < -0.39 is 6.10 Å². The van der Waals surface area contributed by atoms with Gasteiger partial charge in [-0.1, -0.05) is 25.7 Å². The maximum absolute atomic E-state index is 10.2. The van der Waals surface area contributed by atoms with Gasteiger partial charge in [0.25, 0.3) is 0 Å². The van der Waals surface area contributed by atoms with E-state index in [0.29, 0.717) is 5.92 Å². The predicted octanol–water partition coefficient (Wildman–Crippen LogP) is 3.48. The van der Waals surface area contributed by atoms with Gasteiger partial charge in [-0.2, -0.15) is 0 Å². The van der Waals surface area contributed by atoms with Gasteiger partial charge in [0.1, 0.15) is 5.75 Å². The molecule has 0 amide bonds. The monoisotopic (exact) mass is 249 g/mol. The van der Waals surface area contributed by atoms with Crippen molar-refractivity contribution in [2.24, 2.45) is 5.92 Å². The first-order valence-corrected chi connectivity index (χ1v) is 6.95. The number of aromatic nitrogens is 1. The Morgan fingerprint density at radius 1 is 1.33 bits per heavy atom. The number of ether oxygens (including phenoxy) is 1. The molecule has 1 aliphatic rings. The van der Waals surface area contributed by atoms with Gasteiger partial charge in [0.2, 0.25) is 0 Å². The number of hydrogen-bond acceptors (Lipinski definition) is 3. The third-order valence-electron chi connectivity index (χ3n) is 3.52. The van der Waals surface area contributed by atoms with Crippen molar-refractivity contribution in [3.8, 4) is 5.75 Å². The van der Waals surface area contributed by atoms with Crippen molar-refractivity contribution in [2.45, 2.75) is 58.2 Å². The average molecular weight is 249 g/mol. The first-order chi connectivity index (χ1) is 8.65. The molecule has 0 aromatic carbocycles. The van der Waals surface area contributed by atoms with Crippen LogP contribution >= 0.6 is 0 Å². The highest BCUT2D eigenvalue weighted by atomic mass is 16.5. The van der Waals surface area contributed by atoms with Crippen LogP contribution in [0.15, 0.2) is 18.5 Å². The Hall–Kier alpha value is -1.09. The molecule has 2 rings (SSSR count). The van der Waals surface area contributed by atoms with Gasteiger partial charge in [-0.05, 0) is 32.3 Å². The summed E-state index contributed by atoms with van der Waals surface area (Å²) in [5.41, 5.74) is 0.875. The molecule has 1 aliphatic carbocycles. The van der Waals surface area contributed by atoms with Gasteiger partial charge in [-0.3, -0.25) is 4.98 Å². The van der Waals surface area contributed by atoms with E-state index in [9.17, 15) is 5.11 Å². The van der Waals surface area contributed by atoms with Crippen molar-refractivity contribution in [1.29, 1.82) is 0 Å². The largest absolute Gasteiger partial charge is 0.489 e. The molecule has 0 bridgehead atoms. The minimum atomic E-state index is -0.406. The van der Waals surface area contributed by atoms with Crippen LogP contribution < -0.4 is 4.74 Å². The second-order valence-electron chi connectivity index (χ2n) is 5.52. The van der Waals surface area contributed by atoms with Gasteiger partial charge in [-0.25, -0.2) is 0 Å². The number of pyridine rings is 1. The van der Waals surface area contributed by atoms with Gasteiger partial charge in [0.05, 0.1) is 18.4 Å². The minimum absolute atomic E-state index is 0.133. The Balaban J connectivity index is 1.98. The molecule has 18 heavy (non-hydrogen) atoms. The number of hydrogen-bond donors (Lipinski definition) is 1. The van der Waals surface area contributed by atoms with E-state index in [0.717, 1.165) is 17.7 Å². The second-order valence-corrected chi connectivity index (χ2v) is 5.52. The molecule has 1 unspecified atom stereocenters. The molecular formula is C15H23NO2. The van der Waals surface area contributed by atoms with Crippen LogP contribution in [0.5, 0.6) is 5.75 Å². The lowest BCUT2D eigenvalue weighted by molar-refractivity contribution is 0.143. The van der Waals surface area contributed by atoms with Crippen LogP contribution in [0.2, 0.25) is 0 Å². The first-order valence-electron chi connectivity index (χ1n) is 6.95. The van der Waals surface area contributed by atoms with Crippen molar-refractivity contribution in [3.63, 3.8) is 0 Å². The molecule has 1 atom stereocenters. The lowest BCUT2D eigenvalue weighted by Gasteiger charge is -2.16. The van der Waals surface area contributed by atoms with E-state index in [1.807, 2.05) is 19.9 Å². The maximum atomic E-state index is 10.2. The van der Waals surface area contributed by atoms with E-state index in [1.54, 1.807) is 12.4 Å². The summed E-state index contributed by atoms with van der Waals surface area (Å²) in [5, 5.41) is 10.2. The number of aliphatic hydroxyl groups is 1. The fourth-order valence-electron chi connectivity index (χ4n) is 2.65. The predicted molar refractivity (Wildman–Crippen MR) is 71.5 cm³/mol. The number of aliphatic hydroxyl groups excluding tert-OH is 1. The maximum Gasteiger partial charge on any atom is 0.138 e. The van der Waals surface area contributed by atoms with Gasteiger partial charge >= 0.3 is 0 Å². The lowest BCUT2D eigenvalue weighted by atomic mass is 9.96. The molecule has 1 aromatic heterocycles. The Bertz CT molecular complexity index is 373. The topological polar surface area (TPSA) is 42.4 Å². The van der Waals surface area contributed by atoms with Crippen LogP contribution in [0.3, 0.4) is 0 Å². The van der Waals surface area contributed by atoms with Crippen LogP contribution in [-0.2, 0) is 0 Å². The summed E-state index contributed by atoms with van der Waals surface area (Å²) in [6.45, 7) is 3.98. The van der Waals surface area contributed by atoms with E-state index in [2.05, 4.69) is 4.98 Å². The summed E-state index contributed by atoms with van der Waals surface area (Å²) < 4.78 is 5.60. The van der Waals surface area contributed by atoms with E-state index in [-0.39, 0.29) is 6.10 Å². The zero-order valence-electron chi connectivity index (χ0n) is 11.3. The van der Waals surface area contributed by atoms with Crippen LogP contribution in [-0.4, -0.2) is 16.2 Å². The van der Waals surface area contributed by atoms with Crippen LogP contribution in [0, 0.1) is 5.92 Å². The molecule has 1 N–H and O–H groups in total. The minimum Gasteiger partial charge on any atom is -0.489 e. The third-order valence-corrected chi connectivity index (χ3v) is 3.52. The van der Waals surface area contributed by atoms with Crippen molar-refractivity contribution >= 4 is 0 Å². The molecule has 1 fully saturated rings. The molecule has 1 aromatic rings. The molecule has 0 aliphatic heterocycles. The fourth-order valence-corrected chi connectivity index (χ4v) is 2.65. The molecule has 3 nitrogen and oxygen atoms in total. The molecule has 100 valence electrons. The van der Waals surface area contributed by atoms with E-state index in [1.165, 1.54) is 25.7 Å². The van der Waals surface area contributed by atoms with Gasteiger partial charge < -0.3 is 9.84 Å². The lowest BCUT2D eigenvalue weighted by Crippen LogP contribution is -2.08. The zero-order valence-corrected chi connectivity index (χ0v) is 11.3. The molecule has 3 heteroatoms. The van der Waals surface area contributed by atoms with Crippen LogP contribution in [0.4, 0.5) is 0 Å². The summed E-state index contributed by atoms with van der Waals surface area (Å²) in [7, 11) is 0. The SMILES string of the molecule is CC(C)Oc1cncc(C(O)CC2CCCC2)c1. The first kappa shape index (κ1) is 13.3. The van der Waals surface area contributed by atoms with E-state index >= 15 is 0 Å². The highest BCUT2D eigenvalue weighted by Crippen LogP contribution is 2.33. The van der Waals surface area contributed by atoms with Crippen molar-refractivity contribution < 1.29 is 9.84 Å². The molecule has 1 heterocycles.